The van der Waals surface area contributed by atoms with Gasteiger partial charge in [-0.05, 0) is 56.3 Å². The van der Waals surface area contributed by atoms with Crippen LogP contribution in [0.5, 0.6) is 0 Å². The van der Waals surface area contributed by atoms with E-state index in [-0.39, 0.29) is 5.54 Å². The molecule has 1 aromatic carbocycles. The number of aromatic amines is 1. The summed E-state index contributed by atoms with van der Waals surface area (Å²) in [6, 6.07) is 13.4. The van der Waals surface area contributed by atoms with Crippen molar-refractivity contribution >= 4 is 11.0 Å². The van der Waals surface area contributed by atoms with E-state index >= 15 is 0 Å². The van der Waals surface area contributed by atoms with Crippen molar-refractivity contribution in [3.63, 3.8) is 0 Å². The molecule has 1 saturated carbocycles. The molecule has 40 heavy (non-hydrogen) atoms. The van der Waals surface area contributed by atoms with Gasteiger partial charge in [-0.25, -0.2) is 9.97 Å². The van der Waals surface area contributed by atoms with Crippen LogP contribution in [0.1, 0.15) is 36.0 Å². The number of aromatic nitrogens is 5. The number of H-pyrrole nitrogens is 1. The molecule has 10 nitrogen and oxygen atoms in total. The summed E-state index contributed by atoms with van der Waals surface area (Å²) < 4.78 is 2.01. The summed E-state index contributed by atoms with van der Waals surface area (Å²) in [7, 11) is 4.10. The van der Waals surface area contributed by atoms with Gasteiger partial charge in [0.2, 0.25) is 0 Å². The van der Waals surface area contributed by atoms with E-state index in [4.69, 9.17) is 5.10 Å². The molecule has 2 aliphatic rings. The predicted molar refractivity (Wildman–Crippen MR) is 152 cm³/mol. The third-order valence-corrected chi connectivity index (χ3v) is 8.35. The van der Waals surface area contributed by atoms with E-state index in [1.165, 1.54) is 11.1 Å². The Morgan fingerprint density at radius 2 is 1.88 bits per heavy atom. The number of rotatable bonds is 8. The highest BCUT2D eigenvalue weighted by molar-refractivity contribution is 5.90. The van der Waals surface area contributed by atoms with E-state index < -0.39 is 0 Å². The number of fused-ring (bicyclic) bond motifs is 1. The SMILES string of the molecule is CN(C)Cc1cc(C#N)cc(CN2CCN([C@H]3C[C@@](CC#N)(n4cc(-c5ncnc6[nH]ccc56)cn4)C3)CC2)c1. The van der Waals surface area contributed by atoms with Crippen molar-refractivity contribution in [3.05, 3.63) is 65.9 Å². The molecule has 0 atom stereocenters. The highest BCUT2D eigenvalue weighted by atomic mass is 15.4. The van der Waals surface area contributed by atoms with Gasteiger partial charge >= 0.3 is 0 Å². The van der Waals surface area contributed by atoms with E-state index in [2.05, 4.69) is 47.9 Å². The van der Waals surface area contributed by atoms with Crippen molar-refractivity contribution in [1.82, 2.24) is 39.4 Å². The minimum Gasteiger partial charge on any atom is -0.346 e. The van der Waals surface area contributed by atoms with Gasteiger partial charge in [-0.3, -0.25) is 14.5 Å². The zero-order valence-corrected chi connectivity index (χ0v) is 23.1. The van der Waals surface area contributed by atoms with Crippen molar-refractivity contribution in [1.29, 1.82) is 10.5 Å². The summed E-state index contributed by atoms with van der Waals surface area (Å²) in [6.45, 7) is 5.69. The lowest BCUT2D eigenvalue weighted by Gasteiger charge is -2.52. The number of nitriles is 2. The number of benzene rings is 1. The Bertz CT molecular complexity index is 1570. The van der Waals surface area contributed by atoms with Gasteiger partial charge < -0.3 is 9.88 Å². The minimum absolute atomic E-state index is 0.278. The van der Waals surface area contributed by atoms with E-state index in [9.17, 15) is 10.5 Å². The predicted octanol–water partition coefficient (Wildman–Crippen LogP) is 3.34. The molecular formula is C30H34N10. The molecule has 1 saturated heterocycles. The standard InChI is InChI=1S/C30H34N10/c1-37(2)18-23-11-22(16-32)12-24(13-23)19-38-7-9-39(10-8-38)26-14-30(15-26,4-5-31)40-20-25(17-36-40)28-27-3-6-33-29(27)35-21-34-28/h3,6,11-13,17,20-21,26H,4,7-10,14-15,18-19H2,1-2H3,(H,33,34,35)/t26-,30+. The molecule has 0 amide bonds. The third-order valence-electron chi connectivity index (χ3n) is 8.35. The molecule has 2 fully saturated rings. The number of piperazine rings is 1. The molecular weight excluding hydrogens is 500 g/mol. The average Bonchev–Trinajstić information content (AvgIpc) is 3.61. The second-order valence-corrected chi connectivity index (χ2v) is 11.5. The first-order valence-corrected chi connectivity index (χ1v) is 13.8. The molecule has 4 heterocycles. The van der Waals surface area contributed by atoms with Crippen LogP contribution < -0.4 is 0 Å². The molecule has 0 unspecified atom stereocenters. The Hall–Kier alpha value is -4.09. The third kappa shape index (κ3) is 5.09. The van der Waals surface area contributed by atoms with Gasteiger partial charge in [0.25, 0.3) is 0 Å². The fourth-order valence-electron chi connectivity index (χ4n) is 6.36. The molecule has 4 aromatic rings. The van der Waals surface area contributed by atoms with E-state index in [1.54, 1.807) is 6.33 Å². The molecule has 0 radical (unpaired) electrons. The maximum absolute atomic E-state index is 9.68. The summed E-state index contributed by atoms with van der Waals surface area (Å²) in [4.78, 5) is 19.1. The Morgan fingerprint density at radius 3 is 2.62 bits per heavy atom. The van der Waals surface area contributed by atoms with Gasteiger partial charge in [0, 0.05) is 68.7 Å². The molecule has 3 aromatic heterocycles. The highest BCUT2D eigenvalue weighted by Crippen LogP contribution is 2.45. The van der Waals surface area contributed by atoms with Crippen LogP contribution >= 0.6 is 0 Å². The highest BCUT2D eigenvalue weighted by Gasteiger charge is 2.49. The Labute approximate surface area is 234 Å². The molecule has 6 rings (SSSR count). The Kier molecular flexibility index (Phi) is 7.07. The molecule has 0 bridgehead atoms. The van der Waals surface area contributed by atoms with Crippen molar-refractivity contribution in [3.8, 4) is 23.4 Å². The molecule has 10 heteroatoms. The normalized spacial score (nSPS) is 21.8. The summed E-state index contributed by atoms with van der Waals surface area (Å²) in [5.41, 5.74) is 5.44. The lowest BCUT2D eigenvalue weighted by molar-refractivity contribution is -0.0191. The maximum atomic E-state index is 9.68. The quantitative estimate of drug-likeness (QED) is 0.366. The summed E-state index contributed by atoms with van der Waals surface area (Å²) in [6.07, 6.45) is 9.61. The first kappa shape index (κ1) is 26.1. The van der Waals surface area contributed by atoms with Crippen molar-refractivity contribution in [2.24, 2.45) is 0 Å². The number of nitrogens with one attached hydrogen (secondary N) is 1. The summed E-state index contributed by atoms with van der Waals surface area (Å²) in [5.74, 6) is 0. The van der Waals surface area contributed by atoms with Crippen LogP contribution in [0.2, 0.25) is 0 Å². The summed E-state index contributed by atoms with van der Waals surface area (Å²) in [5, 5.41) is 24.9. The molecule has 1 aliphatic carbocycles. The minimum atomic E-state index is -0.278. The smallest absolute Gasteiger partial charge is 0.141 e. The largest absolute Gasteiger partial charge is 0.346 e. The topological polar surface area (TPSA) is 117 Å². The van der Waals surface area contributed by atoms with Crippen LogP contribution in [-0.4, -0.2) is 85.7 Å². The fraction of sp³-hybridized carbons (Fsp3) is 0.433. The fourth-order valence-corrected chi connectivity index (χ4v) is 6.36. The monoisotopic (exact) mass is 534 g/mol. The summed E-state index contributed by atoms with van der Waals surface area (Å²) >= 11 is 0. The van der Waals surface area contributed by atoms with Crippen molar-refractivity contribution in [2.45, 2.75) is 43.9 Å². The van der Waals surface area contributed by atoms with Gasteiger partial charge in [0.1, 0.15) is 12.0 Å². The zero-order valence-electron chi connectivity index (χ0n) is 23.1. The first-order valence-electron chi connectivity index (χ1n) is 13.8. The van der Waals surface area contributed by atoms with E-state index in [0.29, 0.717) is 12.5 Å². The maximum Gasteiger partial charge on any atom is 0.141 e. The van der Waals surface area contributed by atoms with Crippen molar-refractivity contribution in [2.75, 3.05) is 40.3 Å². The molecule has 1 N–H and O–H groups in total. The Morgan fingerprint density at radius 1 is 1.07 bits per heavy atom. The van der Waals surface area contributed by atoms with Crippen LogP contribution in [0.15, 0.2) is 49.2 Å². The molecule has 1 aliphatic heterocycles. The number of hydrogen-bond acceptors (Lipinski definition) is 8. The van der Waals surface area contributed by atoms with Crippen LogP contribution in [0, 0.1) is 22.7 Å². The molecule has 0 spiro atoms. The van der Waals surface area contributed by atoms with Crippen LogP contribution in [-0.2, 0) is 18.6 Å². The van der Waals surface area contributed by atoms with Crippen LogP contribution in [0.25, 0.3) is 22.3 Å². The van der Waals surface area contributed by atoms with Crippen LogP contribution in [0.4, 0.5) is 0 Å². The lowest BCUT2D eigenvalue weighted by Crippen LogP contribution is -2.60. The van der Waals surface area contributed by atoms with Crippen molar-refractivity contribution < 1.29 is 0 Å². The Balaban J connectivity index is 1.09. The van der Waals surface area contributed by atoms with E-state index in [0.717, 1.165) is 80.0 Å². The van der Waals surface area contributed by atoms with Gasteiger partial charge in [-0.15, -0.1) is 0 Å². The van der Waals surface area contributed by atoms with E-state index in [1.807, 2.05) is 55.6 Å². The first-order chi connectivity index (χ1) is 19.5. The van der Waals surface area contributed by atoms with Gasteiger partial charge in [-0.2, -0.15) is 15.6 Å². The number of hydrogen-bond donors (Lipinski definition) is 1. The lowest BCUT2D eigenvalue weighted by atomic mass is 9.70. The number of nitrogens with zero attached hydrogens (tertiary/aromatic N) is 9. The van der Waals surface area contributed by atoms with Gasteiger partial charge in [0.15, 0.2) is 0 Å². The zero-order chi connectivity index (χ0) is 27.7. The molecule has 204 valence electrons. The average molecular weight is 535 g/mol. The van der Waals surface area contributed by atoms with Gasteiger partial charge in [0.05, 0.1) is 41.6 Å². The second kappa shape index (κ2) is 10.8. The van der Waals surface area contributed by atoms with Gasteiger partial charge in [-0.1, -0.05) is 6.07 Å². The van der Waals surface area contributed by atoms with Crippen LogP contribution in [0.3, 0.4) is 0 Å². The second-order valence-electron chi connectivity index (χ2n) is 11.5.